The van der Waals surface area contributed by atoms with E-state index in [-0.39, 0.29) is 5.82 Å². The van der Waals surface area contributed by atoms with Gasteiger partial charge in [-0.15, -0.1) is 0 Å². The molecule has 0 bridgehead atoms. The van der Waals surface area contributed by atoms with Crippen molar-refractivity contribution in [2.45, 2.75) is 20.4 Å². The third kappa shape index (κ3) is 2.40. The molecule has 3 heteroatoms. The Balaban J connectivity index is 2.68. The van der Waals surface area contributed by atoms with Crippen molar-refractivity contribution in [2.75, 3.05) is 0 Å². The fourth-order valence-electron chi connectivity index (χ4n) is 1.98. The van der Waals surface area contributed by atoms with Crippen molar-refractivity contribution < 1.29 is 4.39 Å². The molecule has 0 fully saturated rings. The topological polar surface area (TPSA) is 26.0 Å². The van der Waals surface area contributed by atoms with Gasteiger partial charge in [-0.1, -0.05) is 35.4 Å². The lowest BCUT2D eigenvalue weighted by atomic mass is 9.96. The van der Waals surface area contributed by atoms with Crippen molar-refractivity contribution in [3.63, 3.8) is 0 Å². The smallest absolute Gasteiger partial charge is 0.127 e. The molecule has 0 saturated carbocycles. The van der Waals surface area contributed by atoms with E-state index in [1.165, 1.54) is 6.07 Å². The standard InChI is InChI=1S/C15H15ClFN/c1-9-3-4-11(8-18)12(5-9)13-6-10(2)15(17)7-14(13)16/h3-7H,8,18H2,1-2H3. The maximum atomic E-state index is 13.4. The lowest BCUT2D eigenvalue weighted by Gasteiger charge is -2.12. The molecule has 0 aliphatic carbocycles. The minimum atomic E-state index is -0.286. The fourth-order valence-corrected chi connectivity index (χ4v) is 2.23. The predicted octanol–water partition coefficient (Wildman–Crippen LogP) is 4.22. The molecule has 2 rings (SSSR count). The maximum Gasteiger partial charge on any atom is 0.127 e. The Labute approximate surface area is 111 Å². The highest BCUT2D eigenvalue weighted by molar-refractivity contribution is 6.33. The molecule has 1 nitrogen and oxygen atoms in total. The molecule has 2 aromatic rings. The Hall–Kier alpha value is -1.38. The van der Waals surface area contributed by atoms with Gasteiger partial charge in [-0.2, -0.15) is 0 Å². The molecule has 94 valence electrons. The van der Waals surface area contributed by atoms with Crippen molar-refractivity contribution >= 4 is 11.6 Å². The molecule has 0 heterocycles. The minimum absolute atomic E-state index is 0.286. The number of halogens is 2. The summed E-state index contributed by atoms with van der Waals surface area (Å²) in [7, 11) is 0. The zero-order valence-corrected chi connectivity index (χ0v) is 11.2. The highest BCUT2D eigenvalue weighted by atomic mass is 35.5. The number of hydrogen-bond acceptors (Lipinski definition) is 1. The predicted molar refractivity (Wildman–Crippen MR) is 74.2 cm³/mol. The van der Waals surface area contributed by atoms with E-state index in [1.807, 2.05) is 25.1 Å². The van der Waals surface area contributed by atoms with Crippen LogP contribution in [0.2, 0.25) is 5.02 Å². The van der Waals surface area contributed by atoms with Gasteiger partial charge in [0, 0.05) is 12.1 Å². The Morgan fingerprint density at radius 2 is 1.83 bits per heavy atom. The van der Waals surface area contributed by atoms with Gasteiger partial charge in [0.1, 0.15) is 5.82 Å². The van der Waals surface area contributed by atoms with Crippen LogP contribution in [-0.4, -0.2) is 0 Å². The van der Waals surface area contributed by atoms with Crippen molar-refractivity contribution in [3.05, 3.63) is 57.9 Å². The zero-order chi connectivity index (χ0) is 13.3. The van der Waals surface area contributed by atoms with E-state index < -0.39 is 0 Å². The SMILES string of the molecule is Cc1ccc(CN)c(-c2cc(C)c(F)cc2Cl)c1. The number of benzene rings is 2. The van der Waals surface area contributed by atoms with Crippen LogP contribution in [0.5, 0.6) is 0 Å². The van der Waals surface area contributed by atoms with Crippen LogP contribution in [0.25, 0.3) is 11.1 Å². The van der Waals surface area contributed by atoms with Gasteiger partial charge in [-0.25, -0.2) is 4.39 Å². The molecule has 0 aliphatic rings. The molecule has 0 radical (unpaired) electrons. The first-order chi connectivity index (χ1) is 8.52. The van der Waals surface area contributed by atoms with Gasteiger partial charge in [0.05, 0.1) is 5.02 Å². The Kier molecular flexibility index (Phi) is 3.69. The van der Waals surface area contributed by atoms with Crippen LogP contribution in [0.1, 0.15) is 16.7 Å². The summed E-state index contributed by atoms with van der Waals surface area (Å²) in [5.41, 5.74) is 10.3. The van der Waals surface area contributed by atoms with Gasteiger partial charge in [-0.05, 0) is 42.7 Å². The summed E-state index contributed by atoms with van der Waals surface area (Å²) in [5.74, 6) is -0.286. The zero-order valence-electron chi connectivity index (χ0n) is 10.4. The van der Waals surface area contributed by atoms with Crippen LogP contribution in [0.15, 0.2) is 30.3 Å². The second-order valence-corrected chi connectivity index (χ2v) is 4.85. The van der Waals surface area contributed by atoms with Crippen LogP contribution >= 0.6 is 11.6 Å². The van der Waals surface area contributed by atoms with E-state index in [4.69, 9.17) is 17.3 Å². The molecule has 0 atom stereocenters. The summed E-state index contributed by atoms with van der Waals surface area (Å²) < 4.78 is 13.4. The number of nitrogens with two attached hydrogens (primary N) is 1. The lowest BCUT2D eigenvalue weighted by Crippen LogP contribution is -2.00. The quantitative estimate of drug-likeness (QED) is 0.862. The van der Waals surface area contributed by atoms with Crippen LogP contribution in [0, 0.1) is 19.7 Å². The number of rotatable bonds is 2. The summed E-state index contributed by atoms with van der Waals surface area (Å²) in [6.07, 6.45) is 0. The molecular formula is C15H15ClFN. The van der Waals surface area contributed by atoms with Crippen molar-refractivity contribution in [3.8, 4) is 11.1 Å². The monoisotopic (exact) mass is 263 g/mol. The highest BCUT2D eigenvalue weighted by Gasteiger charge is 2.11. The van der Waals surface area contributed by atoms with Crippen LogP contribution < -0.4 is 5.73 Å². The van der Waals surface area contributed by atoms with Gasteiger partial charge in [0.15, 0.2) is 0 Å². The molecule has 2 N–H and O–H groups in total. The van der Waals surface area contributed by atoms with E-state index in [0.717, 1.165) is 22.3 Å². The van der Waals surface area contributed by atoms with Gasteiger partial charge in [0.25, 0.3) is 0 Å². The summed E-state index contributed by atoms with van der Waals surface area (Å²) in [6, 6.07) is 9.15. The highest BCUT2D eigenvalue weighted by Crippen LogP contribution is 2.33. The molecule has 2 aromatic carbocycles. The molecular weight excluding hydrogens is 249 g/mol. The summed E-state index contributed by atoms with van der Waals surface area (Å²) in [5, 5.41) is 0.415. The van der Waals surface area contributed by atoms with Gasteiger partial charge < -0.3 is 5.73 Å². The average Bonchev–Trinajstić information content (AvgIpc) is 2.34. The number of aryl methyl sites for hydroxylation is 2. The van der Waals surface area contributed by atoms with E-state index in [9.17, 15) is 4.39 Å². The van der Waals surface area contributed by atoms with E-state index in [1.54, 1.807) is 13.0 Å². The van der Waals surface area contributed by atoms with E-state index in [2.05, 4.69) is 0 Å². The molecule has 0 aliphatic heterocycles. The first-order valence-corrected chi connectivity index (χ1v) is 6.16. The van der Waals surface area contributed by atoms with Crippen LogP contribution in [-0.2, 0) is 6.54 Å². The number of hydrogen-bond donors (Lipinski definition) is 1. The normalized spacial score (nSPS) is 10.7. The first kappa shape index (κ1) is 13.1. The van der Waals surface area contributed by atoms with Crippen molar-refractivity contribution in [1.29, 1.82) is 0 Å². The second-order valence-electron chi connectivity index (χ2n) is 4.45. The lowest BCUT2D eigenvalue weighted by molar-refractivity contribution is 0.619. The minimum Gasteiger partial charge on any atom is -0.326 e. The molecule has 0 amide bonds. The Bertz CT molecular complexity index is 593. The van der Waals surface area contributed by atoms with Crippen LogP contribution in [0.4, 0.5) is 4.39 Å². The first-order valence-electron chi connectivity index (χ1n) is 5.78. The summed E-state index contributed by atoms with van der Waals surface area (Å²) >= 11 is 6.14. The van der Waals surface area contributed by atoms with Gasteiger partial charge in [0.2, 0.25) is 0 Å². The molecule has 0 spiro atoms. The molecule has 0 saturated heterocycles. The van der Waals surface area contributed by atoms with E-state index >= 15 is 0 Å². The second kappa shape index (κ2) is 5.09. The third-order valence-electron chi connectivity index (χ3n) is 3.02. The third-order valence-corrected chi connectivity index (χ3v) is 3.34. The average molecular weight is 264 g/mol. The Morgan fingerprint density at radius 3 is 2.50 bits per heavy atom. The van der Waals surface area contributed by atoms with E-state index in [0.29, 0.717) is 17.1 Å². The summed E-state index contributed by atoms with van der Waals surface area (Å²) in [6.45, 7) is 4.17. The maximum absolute atomic E-state index is 13.4. The molecule has 0 unspecified atom stereocenters. The van der Waals surface area contributed by atoms with Gasteiger partial charge >= 0.3 is 0 Å². The Morgan fingerprint density at radius 1 is 1.11 bits per heavy atom. The fraction of sp³-hybridized carbons (Fsp3) is 0.200. The largest absolute Gasteiger partial charge is 0.326 e. The molecule has 18 heavy (non-hydrogen) atoms. The molecule has 0 aromatic heterocycles. The van der Waals surface area contributed by atoms with Crippen LogP contribution in [0.3, 0.4) is 0 Å². The summed E-state index contributed by atoms with van der Waals surface area (Å²) in [4.78, 5) is 0. The van der Waals surface area contributed by atoms with Crippen molar-refractivity contribution in [1.82, 2.24) is 0 Å². The van der Waals surface area contributed by atoms with Gasteiger partial charge in [-0.3, -0.25) is 0 Å². The van der Waals surface area contributed by atoms with Crippen molar-refractivity contribution in [2.24, 2.45) is 5.73 Å².